The van der Waals surface area contributed by atoms with E-state index < -0.39 is 71.0 Å². The van der Waals surface area contributed by atoms with Crippen LogP contribution in [0.4, 0.5) is 0 Å². The van der Waals surface area contributed by atoms with Crippen LogP contribution in [0.1, 0.15) is 84.0 Å². The van der Waals surface area contributed by atoms with Crippen molar-refractivity contribution < 1.29 is 52.9 Å². The molecule has 4 atom stereocenters. The Morgan fingerprint density at radius 1 is 0.968 bits per heavy atom. The molecule has 2 aromatic carbocycles. The second kappa shape index (κ2) is 20.6. The number of ether oxygens (including phenoxy) is 3. The first-order valence-corrected chi connectivity index (χ1v) is 21.6. The molecule has 0 aliphatic carbocycles. The zero-order valence-electron chi connectivity index (χ0n) is 35.4. The molecule has 17 nitrogen and oxygen atoms in total. The van der Waals surface area contributed by atoms with Gasteiger partial charge in [-0.25, -0.2) is 4.98 Å². The summed E-state index contributed by atoms with van der Waals surface area (Å²) in [5, 5.41) is 18.4. The molecule has 3 aromatic rings. The molecule has 18 heteroatoms. The Morgan fingerprint density at radius 3 is 2.35 bits per heavy atom. The van der Waals surface area contributed by atoms with Crippen molar-refractivity contribution in [2.24, 2.45) is 5.41 Å². The zero-order chi connectivity index (χ0) is 44.6. The molecule has 332 valence electrons. The molecule has 2 unspecified atom stereocenters. The van der Waals surface area contributed by atoms with Crippen LogP contribution in [0.3, 0.4) is 0 Å². The number of fused-ring (bicyclic) bond motifs is 1. The molecular weight excluding hydrogens is 821 g/mol. The summed E-state index contributed by atoms with van der Waals surface area (Å²) >= 11 is 1.56. The van der Waals surface area contributed by atoms with Crippen molar-refractivity contribution in [3.8, 4) is 10.4 Å². The molecule has 0 radical (unpaired) electrons. The van der Waals surface area contributed by atoms with Gasteiger partial charge in [-0.2, -0.15) is 0 Å². The summed E-state index contributed by atoms with van der Waals surface area (Å²) in [6.45, 7) is 8.47. The van der Waals surface area contributed by atoms with E-state index in [1.807, 2.05) is 31.2 Å². The lowest BCUT2D eigenvalue weighted by atomic mass is 9.85. The van der Waals surface area contributed by atoms with Crippen molar-refractivity contribution in [2.45, 2.75) is 90.6 Å². The molecule has 4 heterocycles. The summed E-state index contributed by atoms with van der Waals surface area (Å²) < 4.78 is 16.7. The predicted molar refractivity (Wildman–Crippen MR) is 226 cm³/mol. The van der Waals surface area contributed by atoms with E-state index in [1.54, 1.807) is 55.8 Å². The standard InChI is InChI=1S/C44H54N6O11S/c1-26-37(62-25-46-26)29-12-10-27(11-13-29)22-45-39(54)33-21-30(51)23-49(33)43(58)38(44(2,3)4)47-35(53)24-61-20-19-60-18-17-59-16-6-8-28-7-5-9-31-36(28)42(57)50(41(31)56)32-14-15-34(52)48-40(32)55/h5,7,9-13,25,30,32-33,38,51H,6,8,14-24H2,1-4H3,(H,45,54)(H,47,53)(H,48,52,55)/t30-,32?,33?,38-/m1/s1. The van der Waals surface area contributed by atoms with E-state index in [1.165, 1.54) is 4.90 Å². The van der Waals surface area contributed by atoms with Crippen molar-refractivity contribution in [3.63, 3.8) is 0 Å². The minimum atomic E-state index is -1.02. The van der Waals surface area contributed by atoms with Gasteiger partial charge in [0.15, 0.2) is 0 Å². The number of likely N-dealkylation sites (tertiary alicyclic amines) is 1. The van der Waals surface area contributed by atoms with Crippen molar-refractivity contribution in [1.29, 1.82) is 0 Å². The number of aromatic nitrogens is 1. The third-order valence-corrected chi connectivity index (χ3v) is 12.0. The molecular formula is C44H54N6O11S. The van der Waals surface area contributed by atoms with Gasteiger partial charge in [-0.1, -0.05) is 57.2 Å². The Bertz CT molecular complexity index is 2150. The third kappa shape index (κ3) is 11.2. The van der Waals surface area contributed by atoms with Crippen LogP contribution in [-0.2, 0) is 51.1 Å². The van der Waals surface area contributed by atoms with Gasteiger partial charge in [-0.15, -0.1) is 11.3 Å². The summed E-state index contributed by atoms with van der Waals surface area (Å²) in [6.07, 6.45) is 0.350. The van der Waals surface area contributed by atoms with E-state index in [9.17, 15) is 38.7 Å². The molecule has 6 rings (SSSR count). The molecule has 0 spiro atoms. The minimum absolute atomic E-state index is 0.0369. The number of benzene rings is 2. The molecule has 3 aliphatic heterocycles. The number of aliphatic hydroxyl groups is 1. The van der Waals surface area contributed by atoms with Crippen molar-refractivity contribution in [2.75, 3.05) is 46.2 Å². The second-order valence-corrected chi connectivity index (χ2v) is 17.5. The number of imide groups is 2. The Kier molecular flexibility index (Phi) is 15.4. The minimum Gasteiger partial charge on any atom is -0.391 e. The van der Waals surface area contributed by atoms with Crippen LogP contribution in [0, 0.1) is 12.3 Å². The van der Waals surface area contributed by atoms with E-state index in [-0.39, 0.29) is 76.5 Å². The lowest BCUT2D eigenvalue weighted by Gasteiger charge is -2.35. The van der Waals surface area contributed by atoms with Crippen LogP contribution in [0.15, 0.2) is 48.0 Å². The molecule has 1 aromatic heterocycles. The fourth-order valence-corrected chi connectivity index (χ4v) is 8.56. The quantitative estimate of drug-likeness (QED) is 0.101. The SMILES string of the molecule is Cc1ncsc1-c1ccc(CNC(=O)C2C[C@@H](O)CN2C(=O)[C@@H](NC(=O)COCCOCCOCCCc2cccc3c2C(=O)N(C2CCC(=O)NC2=O)C3=O)C(C)(C)C)cc1. The van der Waals surface area contributed by atoms with Crippen LogP contribution < -0.4 is 16.0 Å². The van der Waals surface area contributed by atoms with Crippen LogP contribution in [0.25, 0.3) is 10.4 Å². The maximum Gasteiger partial charge on any atom is 0.262 e. The Hall–Kier alpha value is -5.40. The molecule has 4 N–H and O–H groups in total. The average molecular weight is 875 g/mol. The Balaban J connectivity index is 0.867. The van der Waals surface area contributed by atoms with Gasteiger partial charge in [0.25, 0.3) is 11.8 Å². The van der Waals surface area contributed by atoms with E-state index >= 15 is 0 Å². The highest BCUT2D eigenvalue weighted by atomic mass is 32.1. The van der Waals surface area contributed by atoms with Crippen molar-refractivity contribution >= 4 is 52.7 Å². The number of nitrogens with one attached hydrogen (secondary N) is 3. The van der Waals surface area contributed by atoms with Crippen LogP contribution in [-0.4, -0.2) is 132 Å². The first-order chi connectivity index (χ1) is 29.6. The van der Waals surface area contributed by atoms with E-state index in [0.717, 1.165) is 26.6 Å². The number of rotatable bonds is 19. The highest BCUT2D eigenvalue weighted by Crippen LogP contribution is 2.31. The summed E-state index contributed by atoms with van der Waals surface area (Å²) in [6, 6.07) is 9.92. The Morgan fingerprint density at radius 2 is 1.68 bits per heavy atom. The Labute approximate surface area is 363 Å². The van der Waals surface area contributed by atoms with Gasteiger partial charge in [-0.05, 0) is 54.4 Å². The molecule has 0 saturated carbocycles. The van der Waals surface area contributed by atoms with Gasteiger partial charge in [0, 0.05) is 32.5 Å². The number of hydrogen-bond acceptors (Lipinski definition) is 13. The highest BCUT2D eigenvalue weighted by molar-refractivity contribution is 7.13. The van der Waals surface area contributed by atoms with Crippen molar-refractivity contribution in [1.82, 2.24) is 30.7 Å². The first kappa shape index (κ1) is 46.1. The lowest BCUT2D eigenvalue weighted by molar-refractivity contribution is -0.144. The van der Waals surface area contributed by atoms with Gasteiger partial charge in [0.2, 0.25) is 29.5 Å². The molecule has 7 amide bonds. The normalized spacial score (nSPS) is 19.4. The number of hydrogen-bond donors (Lipinski definition) is 4. The van der Waals surface area contributed by atoms with Gasteiger partial charge >= 0.3 is 0 Å². The smallest absolute Gasteiger partial charge is 0.262 e. The topological polar surface area (TPSA) is 223 Å². The summed E-state index contributed by atoms with van der Waals surface area (Å²) in [4.78, 5) is 98.2. The maximum atomic E-state index is 13.9. The molecule has 3 aliphatic rings. The summed E-state index contributed by atoms with van der Waals surface area (Å²) in [7, 11) is 0. The fraction of sp³-hybridized carbons (Fsp3) is 0.500. The summed E-state index contributed by atoms with van der Waals surface area (Å²) in [5.41, 5.74) is 5.13. The number of amides is 7. The number of thiazole rings is 1. The largest absolute Gasteiger partial charge is 0.391 e. The van der Waals surface area contributed by atoms with E-state index in [4.69, 9.17) is 14.2 Å². The van der Waals surface area contributed by atoms with Gasteiger partial charge in [-0.3, -0.25) is 43.8 Å². The number of piperidine rings is 1. The fourth-order valence-electron chi connectivity index (χ4n) is 7.75. The number of aryl methyl sites for hydroxylation is 2. The molecule has 62 heavy (non-hydrogen) atoms. The van der Waals surface area contributed by atoms with Crippen LogP contribution in [0.5, 0.6) is 0 Å². The van der Waals surface area contributed by atoms with Crippen LogP contribution >= 0.6 is 11.3 Å². The predicted octanol–water partition coefficient (Wildman–Crippen LogP) is 2.31. The first-order valence-electron chi connectivity index (χ1n) is 20.8. The lowest BCUT2D eigenvalue weighted by Crippen LogP contribution is -2.58. The van der Waals surface area contributed by atoms with Gasteiger partial charge < -0.3 is 34.9 Å². The third-order valence-electron chi connectivity index (χ3n) is 11.0. The van der Waals surface area contributed by atoms with E-state index in [0.29, 0.717) is 25.0 Å². The van der Waals surface area contributed by atoms with Gasteiger partial charge in [0.1, 0.15) is 24.7 Å². The number of carbonyl (C=O) groups excluding carboxylic acids is 7. The molecule has 2 fully saturated rings. The monoisotopic (exact) mass is 874 g/mol. The average Bonchev–Trinajstić information content (AvgIpc) is 3.92. The molecule has 0 bridgehead atoms. The molecule has 2 saturated heterocycles. The number of carbonyl (C=O) groups is 7. The highest BCUT2D eigenvalue weighted by Gasteiger charge is 2.46. The summed E-state index contributed by atoms with van der Waals surface area (Å²) in [5.74, 6) is -3.54. The number of β-amino-alcohol motifs (C(OH)–C–C–N with tert-alkyl or cyclic N) is 1. The van der Waals surface area contributed by atoms with Crippen molar-refractivity contribution in [3.05, 3.63) is 75.9 Å². The zero-order valence-corrected chi connectivity index (χ0v) is 36.2. The van der Waals surface area contributed by atoms with Crippen LogP contribution in [0.2, 0.25) is 0 Å². The number of nitrogens with zero attached hydrogens (tertiary/aromatic N) is 3. The second-order valence-electron chi connectivity index (χ2n) is 16.6. The van der Waals surface area contributed by atoms with Gasteiger partial charge in [0.05, 0.1) is 59.7 Å². The van der Waals surface area contributed by atoms with E-state index in [2.05, 4.69) is 20.9 Å². The number of aliphatic hydroxyl groups excluding tert-OH is 1. The maximum absolute atomic E-state index is 13.9.